The van der Waals surface area contributed by atoms with Gasteiger partial charge in [-0.05, 0) is 35.2 Å². The molecule has 3 rings (SSSR count). The van der Waals surface area contributed by atoms with Crippen LogP contribution in [0.2, 0.25) is 0 Å². The number of nitrogens with one attached hydrogen (secondary N) is 1. The Hall–Kier alpha value is -0.810. The van der Waals surface area contributed by atoms with Crippen LogP contribution in [-0.4, -0.2) is 4.98 Å². The highest BCUT2D eigenvalue weighted by molar-refractivity contribution is 9.10. The van der Waals surface area contributed by atoms with Crippen LogP contribution >= 0.6 is 39.7 Å². The summed E-state index contributed by atoms with van der Waals surface area (Å²) in [7, 11) is 0. The molecule has 0 saturated carbocycles. The molecule has 18 heavy (non-hydrogen) atoms. The summed E-state index contributed by atoms with van der Waals surface area (Å²) >= 11 is 5.19. The highest BCUT2D eigenvalue weighted by Crippen LogP contribution is 2.30. The molecule has 0 aliphatic carbocycles. The number of rotatable bonds is 2. The van der Waals surface area contributed by atoms with Gasteiger partial charge >= 0.3 is 0 Å². The number of benzene rings is 1. The average Bonchev–Trinajstić information content (AvgIpc) is 2.97. The van der Waals surface area contributed by atoms with Crippen LogP contribution in [-0.2, 0) is 0 Å². The highest BCUT2D eigenvalue weighted by Gasteiger charge is 2.14. The zero-order chi connectivity index (χ0) is 11.8. The first kappa shape index (κ1) is 13.6. The molecule has 1 atom stereocenters. The minimum atomic E-state index is -0.0574. The Morgan fingerprint density at radius 3 is 2.83 bits per heavy atom. The number of hydrogen-bond acceptors (Lipinski definition) is 2. The summed E-state index contributed by atoms with van der Waals surface area (Å²) in [6.45, 7) is 0. The molecule has 0 radical (unpaired) electrons. The van der Waals surface area contributed by atoms with E-state index in [1.165, 1.54) is 10.3 Å². The molecule has 0 fully saturated rings. The number of hydrogen-bond donors (Lipinski definition) is 2. The van der Waals surface area contributed by atoms with Crippen LogP contribution in [0, 0.1) is 0 Å². The second kappa shape index (κ2) is 5.45. The lowest BCUT2D eigenvalue weighted by Crippen LogP contribution is -2.09. The van der Waals surface area contributed by atoms with Crippen LogP contribution in [0.3, 0.4) is 0 Å². The first-order valence-corrected chi connectivity index (χ1v) is 6.98. The normalized spacial score (nSPS) is 12.3. The first-order valence-electron chi connectivity index (χ1n) is 5.31. The van der Waals surface area contributed by atoms with Gasteiger partial charge in [0.15, 0.2) is 0 Å². The topological polar surface area (TPSA) is 41.8 Å². The molecule has 0 aliphatic rings. The summed E-state index contributed by atoms with van der Waals surface area (Å²) in [5, 5.41) is 3.24. The molecule has 0 amide bonds. The molecule has 5 heteroatoms. The van der Waals surface area contributed by atoms with Crippen molar-refractivity contribution in [3.63, 3.8) is 0 Å². The smallest absolute Gasteiger partial charge is 0.0667 e. The van der Waals surface area contributed by atoms with Crippen LogP contribution in [0.1, 0.15) is 16.5 Å². The van der Waals surface area contributed by atoms with Gasteiger partial charge in [0.25, 0.3) is 0 Å². The summed E-state index contributed by atoms with van der Waals surface area (Å²) in [6, 6.07) is 10.2. The summed E-state index contributed by atoms with van der Waals surface area (Å²) in [5.74, 6) is 0. The van der Waals surface area contributed by atoms with Crippen molar-refractivity contribution in [1.29, 1.82) is 0 Å². The van der Waals surface area contributed by atoms with Gasteiger partial charge in [-0.25, -0.2) is 0 Å². The van der Waals surface area contributed by atoms with Crippen LogP contribution in [0.5, 0.6) is 0 Å². The molecule has 0 unspecified atom stereocenters. The first-order chi connectivity index (χ1) is 8.25. The number of fused-ring (bicyclic) bond motifs is 1. The largest absolute Gasteiger partial charge is 0.361 e. The lowest BCUT2D eigenvalue weighted by atomic mass is 10.1. The molecule has 2 aromatic heterocycles. The van der Waals surface area contributed by atoms with E-state index in [1.807, 2.05) is 18.3 Å². The predicted molar refractivity (Wildman–Crippen MR) is 83.6 cm³/mol. The molecule has 2 heterocycles. The maximum absolute atomic E-state index is 6.30. The number of halogens is 2. The van der Waals surface area contributed by atoms with Crippen molar-refractivity contribution in [2.75, 3.05) is 0 Å². The molecule has 0 aliphatic heterocycles. The van der Waals surface area contributed by atoms with Crippen LogP contribution in [0.15, 0.2) is 46.4 Å². The van der Waals surface area contributed by atoms with E-state index < -0.39 is 0 Å². The fraction of sp³-hybridized carbons (Fsp3) is 0.0769. The SMILES string of the molecule is Cl.N[C@@H](c1cccs1)c1c[nH]c2ccc(Br)cc12. The molecule has 0 spiro atoms. The van der Waals surface area contributed by atoms with E-state index in [1.54, 1.807) is 11.3 Å². The molecular formula is C13H12BrClN2S. The number of aromatic amines is 1. The molecule has 3 aromatic rings. The Morgan fingerprint density at radius 1 is 1.28 bits per heavy atom. The number of H-pyrrole nitrogens is 1. The number of aromatic nitrogens is 1. The second-order valence-corrected chi connectivity index (χ2v) is 5.82. The van der Waals surface area contributed by atoms with Gasteiger partial charge in [0, 0.05) is 26.4 Å². The Kier molecular flexibility index (Phi) is 4.12. The van der Waals surface area contributed by atoms with Crippen LogP contribution in [0.4, 0.5) is 0 Å². The maximum Gasteiger partial charge on any atom is 0.0667 e. The zero-order valence-corrected chi connectivity index (χ0v) is 12.6. The Balaban J connectivity index is 0.00000120. The lowest BCUT2D eigenvalue weighted by Gasteiger charge is -2.08. The van der Waals surface area contributed by atoms with E-state index in [9.17, 15) is 0 Å². The quantitative estimate of drug-likeness (QED) is 0.708. The van der Waals surface area contributed by atoms with Gasteiger partial charge in [0.05, 0.1) is 6.04 Å². The fourth-order valence-electron chi connectivity index (χ4n) is 1.99. The third kappa shape index (κ3) is 2.34. The molecule has 1 aromatic carbocycles. The maximum atomic E-state index is 6.30. The van der Waals surface area contributed by atoms with Gasteiger partial charge in [-0.2, -0.15) is 0 Å². The van der Waals surface area contributed by atoms with Gasteiger partial charge in [-0.3, -0.25) is 0 Å². The Morgan fingerprint density at radius 2 is 2.11 bits per heavy atom. The van der Waals surface area contributed by atoms with Gasteiger partial charge in [0.2, 0.25) is 0 Å². The minimum absolute atomic E-state index is 0. The van der Waals surface area contributed by atoms with E-state index in [4.69, 9.17) is 5.73 Å². The monoisotopic (exact) mass is 342 g/mol. The van der Waals surface area contributed by atoms with Crippen molar-refractivity contribution in [1.82, 2.24) is 4.98 Å². The highest BCUT2D eigenvalue weighted by atomic mass is 79.9. The Bertz CT molecular complexity index is 648. The average molecular weight is 344 g/mol. The third-order valence-corrected chi connectivity index (χ3v) is 4.31. The third-order valence-electron chi connectivity index (χ3n) is 2.86. The van der Waals surface area contributed by atoms with Gasteiger partial charge < -0.3 is 10.7 Å². The van der Waals surface area contributed by atoms with Crippen molar-refractivity contribution < 1.29 is 0 Å². The van der Waals surface area contributed by atoms with E-state index in [2.05, 4.69) is 44.5 Å². The summed E-state index contributed by atoms with van der Waals surface area (Å²) in [6.07, 6.45) is 2.00. The Labute approximate surface area is 124 Å². The molecule has 0 bridgehead atoms. The number of thiophene rings is 1. The number of nitrogens with two attached hydrogens (primary N) is 1. The second-order valence-electron chi connectivity index (χ2n) is 3.93. The lowest BCUT2D eigenvalue weighted by molar-refractivity contribution is 0.903. The van der Waals surface area contributed by atoms with Gasteiger partial charge in [-0.1, -0.05) is 22.0 Å². The van der Waals surface area contributed by atoms with E-state index in [0.29, 0.717) is 0 Å². The summed E-state index contributed by atoms with van der Waals surface area (Å²) in [4.78, 5) is 4.45. The van der Waals surface area contributed by atoms with Crippen molar-refractivity contribution in [2.24, 2.45) is 5.73 Å². The summed E-state index contributed by atoms with van der Waals surface area (Å²) in [5.41, 5.74) is 8.56. The predicted octanol–water partition coefficient (Wildman–Crippen LogP) is 4.46. The molecule has 3 N–H and O–H groups in total. The zero-order valence-electron chi connectivity index (χ0n) is 9.39. The van der Waals surface area contributed by atoms with Crippen LogP contribution in [0.25, 0.3) is 10.9 Å². The standard InChI is InChI=1S/C13H11BrN2S.ClH/c14-8-3-4-11-9(6-8)10(7-16-11)13(15)12-2-1-5-17-12;/h1-7,13,16H,15H2;1H/t13-;/m1./s1. The summed E-state index contributed by atoms with van der Waals surface area (Å²) < 4.78 is 1.07. The van der Waals surface area contributed by atoms with E-state index in [-0.39, 0.29) is 18.4 Å². The molecule has 2 nitrogen and oxygen atoms in total. The minimum Gasteiger partial charge on any atom is -0.361 e. The van der Waals surface area contributed by atoms with Crippen molar-refractivity contribution >= 4 is 50.6 Å². The van der Waals surface area contributed by atoms with Crippen LogP contribution < -0.4 is 5.73 Å². The van der Waals surface area contributed by atoms with Gasteiger partial charge in [-0.15, -0.1) is 23.7 Å². The van der Waals surface area contributed by atoms with E-state index >= 15 is 0 Å². The van der Waals surface area contributed by atoms with Crippen molar-refractivity contribution in [3.05, 3.63) is 56.8 Å². The van der Waals surface area contributed by atoms with Crippen molar-refractivity contribution in [3.8, 4) is 0 Å². The van der Waals surface area contributed by atoms with Gasteiger partial charge in [0.1, 0.15) is 0 Å². The molecule has 94 valence electrons. The van der Waals surface area contributed by atoms with E-state index in [0.717, 1.165) is 15.6 Å². The fourth-order valence-corrected chi connectivity index (χ4v) is 3.10. The molecule has 0 saturated heterocycles. The van der Waals surface area contributed by atoms with Crippen molar-refractivity contribution in [2.45, 2.75) is 6.04 Å². The molecular weight excluding hydrogens is 332 g/mol.